The van der Waals surface area contributed by atoms with Gasteiger partial charge in [0.15, 0.2) is 0 Å². The van der Waals surface area contributed by atoms with Crippen LogP contribution < -0.4 is 0 Å². The first-order valence-corrected chi connectivity index (χ1v) is 10.2. The Morgan fingerprint density at radius 3 is 1.93 bits per heavy atom. The molecule has 0 saturated heterocycles. The van der Waals surface area contributed by atoms with Crippen LogP contribution >= 0.6 is 0 Å². The van der Waals surface area contributed by atoms with E-state index in [9.17, 15) is 0 Å². The summed E-state index contributed by atoms with van der Waals surface area (Å²) in [5.74, 6) is 0. The molecule has 0 fully saturated rings. The number of hydrogen-bond donors (Lipinski definition) is 0. The second-order valence-electron chi connectivity index (χ2n) is 8.21. The molecule has 0 spiro atoms. The molecule has 0 unspecified atom stereocenters. The summed E-state index contributed by atoms with van der Waals surface area (Å²) in [6.07, 6.45) is 1.02. The van der Waals surface area contributed by atoms with Crippen LogP contribution in [0.3, 0.4) is 0 Å². The molecule has 1 aliphatic rings. The summed E-state index contributed by atoms with van der Waals surface area (Å²) in [7, 11) is 0. The summed E-state index contributed by atoms with van der Waals surface area (Å²) in [5, 5.41) is 10.7. The molecule has 0 bridgehead atoms. The second-order valence-corrected chi connectivity index (χ2v) is 8.21. The molecule has 0 aromatic heterocycles. The Morgan fingerprint density at radius 2 is 1.10 bits per heavy atom. The summed E-state index contributed by atoms with van der Waals surface area (Å²) in [6.45, 7) is 0. The molecule has 134 valence electrons. The normalized spacial score (nSPS) is 12.7. The molecule has 0 amide bonds. The van der Waals surface area contributed by atoms with Crippen molar-refractivity contribution in [2.24, 2.45) is 0 Å². The molecule has 29 heavy (non-hydrogen) atoms. The van der Waals surface area contributed by atoms with E-state index < -0.39 is 0 Å². The number of hydrogen-bond acceptors (Lipinski definition) is 0. The maximum Gasteiger partial charge on any atom is -0.00130 e. The predicted octanol–water partition coefficient (Wildman–Crippen LogP) is 7.87. The largest absolute Gasteiger partial charge is 0.0616 e. The van der Waals surface area contributed by atoms with Crippen molar-refractivity contribution in [1.82, 2.24) is 0 Å². The average molecular weight is 366 g/mol. The van der Waals surface area contributed by atoms with Crippen LogP contribution in [0.15, 0.2) is 97.1 Å². The van der Waals surface area contributed by atoms with E-state index in [1.54, 1.807) is 0 Å². The Kier molecular flexibility index (Phi) is 2.88. The SMILES string of the molecule is c1ccc2cc3cc4c(cc3cc2c1)Cc1ccc2c(ccc3ccccc32)c1-4. The highest BCUT2D eigenvalue weighted by Crippen LogP contribution is 2.44. The van der Waals surface area contributed by atoms with Gasteiger partial charge in [0.2, 0.25) is 0 Å². The smallest absolute Gasteiger partial charge is 0.00130 e. The van der Waals surface area contributed by atoms with Crippen molar-refractivity contribution >= 4 is 43.1 Å². The van der Waals surface area contributed by atoms with Crippen molar-refractivity contribution in [1.29, 1.82) is 0 Å². The van der Waals surface area contributed by atoms with Gasteiger partial charge in [-0.2, -0.15) is 0 Å². The van der Waals surface area contributed by atoms with Gasteiger partial charge in [-0.1, -0.05) is 78.9 Å². The fourth-order valence-corrected chi connectivity index (χ4v) is 5.22. The van der Waals surface area contributed by atoms with E-state index in [1.807, 2.05) is 0 Å². The molecule has 6 aromatic carbocycles. The second kappa shape index (κ2) is 5.46. The number of rotatable bonds is 0. The summed E-state index contributed by atoms with van der Waals surface area (Å²) >= 11 is 0. The molecule has 0 N–H and O–H groups in total. The van der Waals surface area contributed by atoms with E-state index in [1.165, 1.54) is 65.3 Å². The number of benzene rings is 6. The van der Waals surface area contributed by atoms with Crippen LogP contribution in [0, 0.1) is 0 Å². The quantitative estimate of drug-likeness (QED) is 0.189. The molecule has 1 aliphatic carbocycles. The van der Waals surface area contributed by atoms with Gasteiger partial charge in [-0.15, -0.1) is 0 Å². The lowest BCUT2D eigenvalue weighted by molar-refractivity contribution is 1.27. The highest BCUT2D eigenvalue weighted by Gasteiger charge is 2.22. The highest BCUT2D eigenvalue weighted by atomic mass is 14.3. The van der Waals surface area contributed by atoms with Crippen LogP contribution in [0.1, 0.15) is 11.1 Å². The third-order valence-electron chi connectivity index (χ3n) is 6.59. The lowest BCUT2D eigenvalue weighted by atomic mass is 9.93. The maximum absolute atomic E-state index is 2.41. The van der Waals surface area contributed by atoms with Crippen LogP contribution in [0.2, 0.25) is 0 Å². The van der Waals surface area contributed by atoms with Crippen LogP contribution in [0.5, 0.6) is 0 Å². The van der Waals surface area contributed by atoms with Gasteiger partial charge >= 0.3 is 0 Å². The van der Waals surface area contributed by atoms with Crippen LogP contribution in [-0.4, -0.2) is 0 Å². The van der Waals surface area contributed by atoms with Crippen molar-refractivity contribution in [3.8, 4) is 11.1 Å². The van der Waals surface area contributed by atoms with Gasteiger partial charge in [-0.05, 0) is 90.0 Å². The van der Waals surface area contributed by atoms with Gasteiger partial charge in [-0.3, -0.25) is 0 Å². The Bertz CT molecular complexity index is 1620. The Hall–Kier alpha value is -3.64. The fraction of sp³-hybridized carbons (Fsp3) is 0.0345. The van der Waals surface area contributed by atoms with Crippen molar-refractivity contribution in [2.75, 3.05) is 0 Å². The monoisotopic (exact) mass is 366 g/mol. The fourth-order valence-electron chi connectivity index (χ4n) is 5.22. The van der Waals surface area contributed by atoms with Crippen LogP contribution in [0.4, 0.5) is 0 Å². The lowest BCUT2D eigenvalue weighted by Crippen LogP contribution is -1.84. The van der Waals surface area contributed by atoms with E-state index in [4.69, 9.17) is 0 Å². The Balaban J connectivity index is 1.57. The minimum Gasteiger partial charge on any atom is -0.0616 e. The molecular weight excluding hydrogens is 348 g/mol. The molecule has 0 heterocycles. The van der Waals surface area contributed by atoms with E-state index in [2.05, 4.69) is 97.1 Å². The van der Waals surface area contributed by atoms with Gasteiger partial charge in [0.1, 0.15) is 0 Å². The lowest BCUT2D eigenvalue weighted by Gasteiger charge is -2.11. The van der Waals surface area contributed by atoms with Crippen molar-refractivity contribution in [3.05, 3.63) is 108 Å². The molecule has 0 aliphatic heterocycles. The van der Waals surface area contributed by atoms with Gasteiger partial charge in [0.05, 0.1) is 0 Å². The van der Waals surface area contributed by atoms with Crippen molar-refractivity contribution in [2.45, 2.75) is 6.42 Å². The van der Waals surface area contributed by atoms with Gasteiger partial charge in [-0.25, -0.2) is 0 Å². The molecule has 7 rings (SSSR count). The number of fused-ring (bicyclic) bond motifs is 9. The Morgan fingerprint density at radius 1 is 0.414 bits per heavy atom. The molecule has 0 radical (unpaired) electrons. The maximum atomic E-state index is 2.41. The van der Waals surface area contributed by atoms with E-state index in [0.29, 0.717) is 0 Å². The average Bonchev–Trinajstić information content (AvgIpc) is 3.13. The molecule has 0 saturated carbocycles. The summed E-state index contributed by atoms with van der Waals surface area (Å²) in [6, 6.07) is 36.1. The first-order valence-electron chi connectivity index (χ1n) is 10.2. The first-order chi connectivity index (χ1) is 14.3. The van der Waals surface area contributed by atoms with Gasteiger partial charge < -0.3 is 0 Å². The third kappa shape index (κ3) is 2.09. The van der Waals surface area contributed by atoms with Crippen molar-refractivity contribution < 1.29 is 0 Å². The molecule has 0 heteroatoms. The standard InChI is InChI=1S/C29H18/c1-2-7-20-14-23-17-28-24(16-22(23)13-19(20)6-1)15-21-10-11-26-25-8-4-3-5-18(25)9-12-27(26)29(21)28/h1-14,16-17H,15H2. The van der Waals surface area contributed by atoms with E-state index in [0.717, 1.165) is 6.42 Å². The predicted molar refractivity (Wildman–Crippen MR) is 125 cm³/mol. The van der Waals surface area contributed by atoms with Gasteiger partial charge in [0.25, 0.3) is 0 Å². The zero-order valence-electron chi connectivity index (χ0n) is 15.9. The molecule has 6 aromatic rings. The highest BCUT2D eigenvalue weighted by molar-refractivity contribution is 6.14. The van der Waals surface area contributed by atoms with Crippen LogP contribution in [0.25, 0.3) is 54.2 Å². The zero-order valence-corrected chi connectivity index (χ0v) is 15.9. The van der Waals surface area contributed by atoms with E-state index >= 15 is 0 Å². The minimum absolute atomic E-state index is 1.02. The van der Waals surface area contributed by atoms with Crippen molar-refractivity contribution in [3.63, 3.8) is 0 Å². The summed E-state index contributed by atoms with van der Waals surface area (Å²) in [5.41, 5.74) is 5.73. The first kappa shape index (κ1) is 15.3. The van der Waals surface area contributed by atoms with Crippen LogP contribution in [-0.2, 0) is 6.42 Å². The van der Waals surface area contributed by atoms with Gasteiger partial charge in [0, 0.05) is 0 Å². The minimum atomic E-state index is 1.02. The molecular formula is C29H18. The zero-order chi connectivity index (χ0) is 18.9. The molecule has 0 nitrogen and oxygen atoms in total. The van der Waals surface area contributed by atoms with E-state index in [-0.39, 0.29) is 0 Å². The summed E-state index contributed by atoms with van der Waals surface area (Å²) in [4.78, 5) is 0. The summed E-state index contributed by atoms with van der Waals surface area (Å²) < 4.78 is 0. The Labute approximate surface area is 169 Å². The third-order valence-corrected chi connectivity index (χ3v) is 6.59. The topological polar surface area (TPSA) is 0 Å². The molecule has 0 atom stereocenters.